The van der Waals surface area contributed by atoms with Gasteiger partial charge in [-0.2, -0.15) is 0 Å². The maximum atomic E-state index is 14.3. The zero-order valence-corrected chi connectivity index (χ0v) is 27.8. The molecule has 1 spiro atoms. The first-order chi connectivity index (χ1) is 21.7. The van der Waals surface area contributed by atoms with Crippen LogP contribution in [-0.4, -0.2) is 56.2 Å². The number of aryl methyl sites for hydroxylation is 1. The van der Waals surface area contributed by atoms with Gasteiger partial charge in [0.1, 0.15) is 23.9 Å². The lowest BCUT2D eigenvalue weighted by molar-refractivity contribution is -0.131. The Morgan fingerprint density at radius 2 is 1.80 bits per heavy atom. The summed E-state index contributed by atoms with van der Waals surface area (Å²) in [6.07, 6.45) is 6.50. The van der Waals surface area contributed by atoms with Crippen molar-refractivity contribution in [3.63, 3.8) is 0 Å². The number of carbonyl (C=O) groups is 1. The Labute approximate surface area is 266 Å². The van der Waals surface area contributed by atoms with Gasteiger partial charge in [0.15, 0.2) is 5.82 Å². The van der Waals surface area contributed by atoms with Crippen molar-refractivity contribution in [1.29, 1.82) is 0 Å². The zero-order valence-electron chi connectivity index (χ0n) is 27.0. The summed E-state index contributed by atoms with van der Waals surface area (Å²) in [6, 6.07) is 13.0. The van der Waals surface area contributed by atoms with Crippen molar-refractivity contribution < 1.29 is 27.2 Å². The van der Waals surface area contributed by atoms with Crippen LogP contribution in [0.2, 0.25) is 0 Å². The van der Waals surface area contributed by atoms with Gasteiger partial charge in [-0.05, 0) is 62.8 Å². The number of amides is 1. The van der Waals surface area contributed by atoms with E-state index in [1.54, 1.807) is 26.0 Å². The summed E-state index contributed by atoms with van der Waals surface area (Å²) < 4.78 is 46.2. The molecule has 0 unspecified atom stereocenters. The molecule has 0 atom stereocenters. The first kappa shape index (κ1) is 32.8. The molecule has 0 saturated heterocycles. The molecule has 1 fully saturated rings. The summed E-state index contributed by atoms with van der Waals surface area (Å²) in [5, 5.41) is 4.04. The minimum Gasteiger partial charge on any atom is -0.377 e. The van der Waals surface area contributed by atoms with Crippen LogP contribution in [0.4, 0.5) is 5.82 Å². The van der Waals surface area contributed by atoms with Gasteiger partial charge in [0, 0.05) is 31.3 Å². The number of nitrogens with zero attached hydrogens (tertiary/aromatic N) is 4. The number of unbranched alkanes of at least 4 members (excludes halogenated alkanes) is 1. The molecular weight excluding hydrogens is 592 g/mol. The van der Waals surface area contributed by atoms with E-state index in [1.165, 1.54) is 7.11 Å². The number of ether oxygens (including phenoxy) is 2. The molecule has 1 aliphatic carbocycles. The van der Waals surface area contributed by atoms with E-state index in [0.717, 1.165) is 71.8 Å². The lowest BCUT2D eigenvalue weighted by atomic mass is 9.97. The molecule has 3 aromatic rings. The second kappa shape index (κ2) is 13.8. The maximum absolute atomic E-state index is 14.3. The number of methoxy groups -OCH3 is 1. The molecule has 2 aromatic carbocycles. The average molecular weight is 637 g/mol. The Hall–Kier alpha value is -3.54. The Kier molecular flexibility index (Phi) is 10.1. The monoisotopic (exact) mass is 636 g/mol. The van der Waals surface area contributed by atoms with E-state index in [4.69, 9.17) is 19.0 Å². The Morgan fingerprint density at radius 3 is 2.42 bits per heavy atom. The average Bonchev–Trinajstić information content (AvgIpc) is 3.72. The molecule has 45 heavy (non-hydrogen) atoms. The fourth-order valence-electron chi connectivity index (χ4n) is 6.23. The number of aromatic nitrogens is 1. The van der Waals surface area contributed by atoms with Gasteiger partial charge < -0.3 is 14.0 Å². The zero-order chi connectivity index (χ0) is 32.2. The van der Waals surface area contributed by atoms with Gasteiger partial charge in [0.2, 0.25) is 0 Å². The molecule has 1 aliphatic heterocycles. The molecule has 0 N–H and O–H groups in total. The predicted octanol–water partition coefficient (Wildman–Crippen LogP) is 6.54. The fraction of sp³-hybridized carbons (Fsp3) is 0.500. The largest absolute Gasteiger partial charge is 0.377 e. The number of hydrogen-bond donors (Lipinski definition) is 0. The third kappa shape index (κ3) is 6.43. The number of aliphatic imine (C=N–C) groups is 1. The first-order valence-corrected chi connectivity index (χ1v) is 17.2. The van der Waals surface area contributed by atoms with E-state index in [2.05, 4.69) is 12.1 Å². The summed E-state index contributed by atoms with van der Waals surface area (Å²) in [4.78, 5) is 20.7. The predicted molar refractivity (Wildman–Crippen MR) is 173 cm³/mol. The summed E-state index contributed by atoms with van der Waals surface area (Å²) in [5.41, 5.74) is 2.99. The normalized spacial score (nSPS) is 16.2. The molecule has 10 nitrogen and oxygen atoms in total. The Bertz CT molecular complexity index is 1640. The molecule has 242 valence electrons. The Morgan fingerprint density at radius 1 is 1.07 bits per heavy atom. The lowest BCUT2D eigenvalue weighted by Gasteiger charge is -2.24. The number of anilines is 1. The van der Waals surface area contributed by atoms with Crippen molar-refractivity contribution in [2.75, 3.05) is 24.8 Å². The number of rotatable bonds is 14. The highest BCUT2D eigenvalue weighted by Crippen LogP contribution is 2.41. The van der Waals surface area contributed by atoms with Gasteiger partial charge in [-0.1, -0.05) is 67.7 Å². The van der Waals surface area contributed by atoms with E-state index in [0.29, 0.717) is 30.0 Å². The van der Waals surface area contributed by atoms with Gasteiger partial charge >= 0.3 is 0 Å². The van der Waals surface area contributed by atoms with Gasteiger partial charge in [-0.15, -0.1) is 0 Å². The summed E-state index contributed by atoms with van der Waals surface area (Å²) in [5.74, 6) is 1.71. The minimum absolute atomic E-state index is 0.108. The number of amidine groups is 1. The van der Waals surface area contributed by atoms with E-state index < -0.39 is 15.6 Å². The maximum Gasteiger partial charge on any atom is 0.268 e. The van der Waals surface area contributed by atoms with Crippen LogP contribution in [-0.2, 0) is 37.4 Å². The molecule has 2 aliphatic rings. The highest BCUT2D eigenvalue weighted by molar-refractivity contribution is 7.93. The summed E-state index contributed by atoms with van der Waals surface area (Å²) >= 11 is 0. The fourth-order valence-corrected chi connectivity index (χ4v) is 7.86. The highest BCUT2D eigenvalue weighted by Gasteiger charge is 2.49. The smallest absolute Gasteiger partial charge is 0.268 e. The molecular formula is C34H44N4O6S. The second-order valence-electron chi connectivity index (χ2n) is 11.8. The summed E-state index contributed by atoms with van der Waals surface area (Å²) in [7, 11) is -2.72. The summed E-state index contributed by atoms with van der Waals surface area (Å²) in [6.45, 7) is 8.47. The van der Waals surface area contributed by atoms with E-state index in [-0.39, 0.29) is 30.0 Å². The van der Waals surface area contributed by atoms with Crippen molar-refractivity contribution in [2.24, 2.45) is 4.99 Å². The van der Waals surface area contributed by atoms with Crippen molar-refractivity contribution in [3.8, 4) is 11.1 Å². The van der Waals surface area contributed by atoms with Crippen LogP contribution in [0.5, 0.6) is 0 Å². The highest BCUT2D eigenvalue weighted by atomic mass is 32.2. The van der Waals surface area contributed by atoms with Crippen LogP contribution < -0.4 is 4.31 Å². The van der Waals surface area contributed by atoms with E-state index in [9.17, 15) is 13.2 Å². The SMILES string of the molecule is CCCCC1=NC2(CCCC2)C(=O)N1Cc1ccc(-c2c(COCC)cccc2S(=O)(=O)N(COC)c2noc(C)c2C)cc1. The minimum atomic E-state index is -4.16. The molecule has 1 saturated carbocycles. The van der Waals surface area contributed by atoms with Crippen LogP contribution in [0, 0.1) is 13.8 Å². The number of hydrogen-bond acceptors (Lipinski definition) is 8. The molecule has 5 rings (SSSR count). The quantitative estimate of drug-likeness (QED) is 0.185. The molecule has 0 bridgehead atoms. The molecule has 1 aromatic heterocycles. The van der Waals surface area contributed by atoms with Crippen molar-refractivity contribution in [1.82, 2.24) is 10.1 Å². The van der Waals surface area contributed by atoms with E-state index >= 15 is 0 Å². The number of carbonyl (C=O) groups excluding carboxylic acids is 1. The lowest BCUT2D eigenvalue weighted by Crippen LogP contribution is -2.40. The van der Waals surface area contributed by atoms with Crippen LogP contribution >= 0.6 is 0 Å². The van der Waals surface area contributed by atoms with E-state index in [1.807, 2.05) is 42.2 Å². The molecule has 2 heterocycles. The molecule has 0 radical (unpaired) electrons. The number of benzene rings is 2. The third-order valence-corrected chi connectivity index (χ3v) is 10.6. The standard InChI is InChI=1S/C34H44N4O6S/c1-6-8-14-30-35-34(19-9-10-20-34)33(39)37(30)21-26-15-17-27(18-16-26)31-28(22-43-7-2)12-11-13-29(31)45(40,41)38(23-42-5)32-24(3)25(4)44-36-32/h11-13,15-18H,6-10,14,19-23H2,1-5H3. The van der Waals surface area contributed by atoms with Crippen molar-refractivity contribution >= 4 is 27.6 Å². The van der Waals surface area contributed by atoms with Crippen LogP contribution in [0.1, 0.15) is 81.2 Å². The van der Waals surface area contributed by atoms with Crippen LogP contribution in [0.3, 0.4) is 0 Å². The van der Waals surface area contributed by atoms with Crippen LogP contribution in [0.15, 0.2) is 56.9 Å². The third-order valence-electron chi connectivity index (χ3n) is 8.82. The van der Waals surface area contributed by atoms with Crippen molar-refractivity contribution in [3.05, 3.63) is 64.9 Å². The first-order valence-electron chi connectivity index (χ1n) is 15.8. The topological polar surface area (TPSA) is 115 Å². The second-order valence-corrected chi connectivity index (χ2v) is 13.7. The molecule has 1 amide bonds. The van der Waals surface area contributed by atoms with Gasteiger partial charge in [0.05, 0.1) is 18.0 Å². The van der Waals surface area contributed by atoms with Gasteiger partial charge in [-0.25, -0.2) is 12.7 Å². The van der Waals surface area contributed by atoms with Crippen molar-refractivity contribution in [2.45, 2.75) is 96.2 Å². The van der Waals surface area contributed by atoms with Crippen LogP contribution in [0.25, 0.3) is 11.1 Å². The molecule has 11 heteroatoms. The van der Waals surface area contributed by atoms with Gasteiger partial charge in [0.25, 0.3) is 15.9 Å². The Balaban J connectivity index is 1.51. The number of sulfonamides is 1. The van der Waals surface area contributed by atoms with Gasteiger partial charge in [-0.3, -0.25) is 14.7 Å².